The number of phenolic OH excluding ortho intramolecular Hbond substituents is 2. The van der Waals surface area contributed by atoms with Gasteiger partial charge in [-0.2, -0.15) is 0 Å². The Balaban J connectivity index is 1.15. The lowest BCUT2D eigenvalue weighted by Gasteiger charge is -2.26. The Morgan fingerprint density at radius 2 is 0.770 bits per heavy atom. The number of carbonyl (C=O) groups is 4. The van der Waals surface area contributed by atoms with Crippen LogP contribution in [0.1, 0.15) is 90.0 Å². The number of hydrogen-bond acceptors (Lipinski definition) is 9. The first kappa shape index (κ1) is 41.7. The van der Waals surface area contributed by atoms with Gasteiger partial charge in [0.25, 0.3) is 0 Å². The molecule has 11 heteroatoms. The highest BCUT2D eigenvalue weighted by Gasteiger charge is 2.30. The second-order valence-electron chi connectivity index (χ2n) is 15.5. The summed E-state index contributed by atoms with van der Waals surface area (Å²) in [5, 5.41) is 40.1. The number of aromatic hydroxyl groups is 2. The Bertz CT molecular complexity index is 2590. The Kier molecular flexibility index (Phi) is 11.4. The van der Waals surface area contributed by atoms with Crippen molar-refractivity contribution in [3.05, 3.63) is 189 Å². The number of benzene rings is 6. The summed E-state index contributed by atoms with van der Waals surface area (Å²) in [4.78, 5) is 51.8. The second kappa shape index (κ2) is 16.6. The van der Waals surface area contributed by atoms with E-state index in [4.69, 9.17) is 9.47 Å². The number of ether oxygens (including phenoxy) is 2. The number of phenols is 2. The number of thiophene rings is 1. The van der Waals surface area contributed by atoms with Crippen molar-refractivity contribution in [3.8, 4) is 45.3 Å². The molecule has 7 aromatic rings. The molecule has 0 fully saturated rings. The van der Waals surface area contributed by atoms with Crippen LogP contribution >= 0.6 is 11.3 Å². The maximum Gasteiger partial charge on any atom is 0.346 e. The van der Waals surface area contributed by atoms with Gasteiger partial charge in [0.15, 0.2) is 0 Å². The second-order valence-corrected chi connectivity index (χ2v) is 16.5. The van der Waals surface area contributed by atoms with E-state index in [-0.39, 0.29) is 66.1 Å². The lowest BCUT2D eigenvalue weighted by atomic mass is 9.78. The van der Waals surface area contributed by atoms with Crippen molar-refractivity contribution in [2.45, 2.75) is 38.5 Å². The topological polar surface area (TPSA) is 168 Å². The number of carbonyl (C=O) groups excluding carboxylic acids is 2. The summed E-state index contributed by atoms with van der Waals surface area (Å²) < 4.78 is 11.4. The van der Waals surface area contributed by atoms with Crippen LogP contribution in [0.3, 0.4) is 0 Å². The Hall–Kier alpha value is -7.50. The van der Waals surface area contributed by atoms with Gasteiger partial charge in [-0.05, 0) is 106 Å². The average molecular weight is 833 g/mol. The van der Waals surface area contributed by atoms with Crippen molar-refractivity contribution in [1.82, 2.24) is 0 Å². The zero-order valence-electron chi connectivity index (χ0n) is 33.5. The normalized spacial score (nSPS) is 11.5. The third-order valence-corrected chi connectivity index (χ3v) is 12.0. The van der Waals surface area contributed by atoms with Gasteiger partial charge in [-0.15, -0.1) is 11.3 Å². The average Bonchev–Trinajstić information content (AvgIpc) is 3.67. The molecule has 0 aliphatic rings. The first-order valence-corrected chi connectivity index (χ1v) is 19.9. The highest BCUT2D eigenvalue weighted by atomic mass is 32.1. The highest BCUT2D eigenvalue weighted by Crippen LogP contribution is 2.44. The molecule has 0 unspecified atom stereocenters. The lowest BCUT2D eigenvalue weighted by molar-refractivity contribution is 0.0694. The van der Waals surface area contributed by atoms with E-state index in [9.17, 15) is 39.6 Å². The summed E-state index contributed by atoms with van der Waals surface area (Å²) in [5.41, 5.74) is 3.81. The number of carboxylic acid groups (broad SMARTS) is 2. The third kappa shape index (κ3) is 8.64. The number of carboxylic acids is 2. The van der Waals surface area contributed by atoms with Crippen LogP contribution in [0.2, 0.25) is 0 Å². The van der Waals surface area contributed by atoms with Crippen LogP contribution in [-0.4, -0.2) is 44.3 Å². The molecule has 0 radical (unpaired) electrons. The fourth-order valence-electron chi connectivity index (χ4n) is 7.19. The van der Waals surface area contributed by atoms with Crippen LogP contribution in [0, 0.1) is 0 Å². The largest absolute Gasteiger partial charge is 0.508 e. The lowest BCUT2D eigenvalue weighted by Crippen LogP contribution is -2.18. The van der Waals surface area contributed by atoms with E-state index in [0.29, 0.717) is 11.3 Å². The van der Waals surface area contributed by atoms with Gasteiger partial charge in [-0.25, -0.2) is 19.2 Å². The van der Waals surface area contributed by atoms with Crippen molar-refractivity contribution in [3.63, 3.8) is 0 Å². The van der Waals surface area contributed by atoms with E-state index in [2.05, 4.69) is 0 Å². The van der Waals surface area contributed by atoms with E-state index in [1.54, 1.807) is 72.8 Å². The maximum atomic E-state index is 13.5. The molecule has 0 amide bonds. The number of aromatic carboxylic acids is 2. The predicted octanol–water partition coefficient (Wildman–Crippen LogP) is 11.0. The molecule has 10 nitrogen and oxygen atoms in total. The first-order chi connectivity index (χ1) is 29.0. The van der Waals surface area contributed by atoms with Crippen molar-refractivity contribution < 1.29 is 49.1 Å². The monoisotopic (exact) mass is 832 g/mol. The molecule has 0 saturated carbocycles. The van der Waals surface area contributed by atoms with Gasteiger partial charge in [-0.1, -0.05) is 100 Å². The van der Waals surface area contributed by atoms with Gasteiger partial charge < -0.3 is 29.9 Å². The molecule has 61 heavy (non-hydrogen) atoms. The standard InChI is InChI=1S/C50H40O10S/c1-49(2,33-11-19-37(51)20-12-33)35-15-23-39(24-16-35)59-47(57)31-9-5-7-29(27-31)41-42(44(46(55)56)61-43(41)45(53)54)30-8-6-10-32(28-30)48(58)60-40-25-17-36(18-26-40)50(3,4)34-13-21-38(52)22-14-34/h5-28,51-52H,1-4H3,(H,53,54)(H,55,56). The summed E-state index contributed by atoms with van der Waals surface area (Å²) >= 11 is 0.574. The summed E-state index contributed by atoms with van der Waals surface area (Å²) in [6, 6.07) is 40.1. The van der Waals surface area contributed by atoms with Gasteiger partial charge in [0, 0.05) is 22.0 Å². The zero-order chi connectivity index (χ0) is 43.6. The SMILES string of the molecule is CC(C)(c1ccc(O)cc1)c1ccc(OC(=O)c2cccc(-c3c(C(=O)O)sc(C(=O)O)c3-c3cccc(C(=O)Oc4ccc(C(C)(C)c5ccc(O)cc5)cc4)c3)c2)cc1. The smallest absolute Gasteiger partial charge is 0.346 e. The van der Waals surface area contributed by atoms with E-state index in [0.717, 1.165) is 22.3 Å². The summed E-state index contributed by atoms with van der Waals surface area (Å²) in [6.07, 6.45) is 0. The fourth-order valence-corrected chi connectivity index (χ4v) is 8.21. The van der Waals surface area contributed by atoms with Gasteiger partial charge in [0.1, 0.15) is 32.8 Å². The third-order valence-electron chi connectivity index (χ3n) is 10.8. The molecule has 0 atom stereocenters. The molecule has 0 spiro atoms. The maximum absolute atomic E-state index is 13.5. The predicted molar refractivity (Wildman–Crippen MR) is 232 cm³/mol. The molecule has 0 aliphatic carbocycles. The minimum Gasteiger partial charge on any atom is -0.508 e. The number of esters is 2. The van der Waals surface area contributed by atoms with Crippen molar-refractivity contribution in [2.75, 3.05) is 0 Å². The molecule has 0 aliphatic heterocycles. The zero-order valence-corrected chi connectivity index (χ0v) is 34.3. The van der Waals surface area contributed by atoms with Crippen LogP contribution in [0.15, 0.2) is 146 Å². The van der Waals surface area contributed by atoms with E-state index >= 15 is 0 Å². The molecule has 1 heterocycles. The number of rotatable bonds is 12. The van der Waals surface area contributed by atoms with Crippen LogP contribution in [0.4, 0.5) is 0 Å². The van der Waals surface area contributed by atoms with Crippen LogP contribution in [0.25, 0.3) is 22.3 Å². The quantitative estimate of drug-likeness (QED) is 0.0687. The van der Waals surface area contributed by atoms with Crippen molar-refractivity contribution >= 4 is 35.2 Å². The minimum atomic E-state index is -1.37. The Labute approximate surface area is 355 Å². The van der Waals surface area contributed by atoms with Gasteiger partial charge in [-0.3, -0.25) is 0 Å². The Morgan fingerprint density at radius 3 is 1.08 bits per heavy atom. The van der Waals surface area contributed by atoms with Crippen LogP contribution in [0.5, 0.6) is 23.0 Å². The number of hydrogen-bond donors (Lipinski definition) is 4. The summed E-state index contributed by atoms with van der Waals surface area (Å²) in [5.74, 6) is -3.30. The molecule has 6 aromatic carbocycles. The van der Waals surface area contributed by atoms with Crippen LogP contribution < -0.4 is 9.47 Å². The molecule has 306 valence electrons. The molecule has 4 N–H and O–H groups in total. The van der Waals surface area contributed by atoms with Crippen molar-refractivity contribution in [2.24, 2.45) is 0 Å². The van der Waals surface area contributed by atoms with Gasteiger partial charge in [0.05, 0.1) is 11.1 Å². The van der Waals surface area contributed by atoms with E-state index in [1.807, 2.05) is 76.2 Å². The highest BCUT2D eigenvalue weighted by molar-refractivity contribution is 7.17. The van der Waals surface area contributed by atoms with Crippen molar-refractivity contribution in [1.29, 1.82) is 0 Å². The molecule has 1 aromatic heterocycles. The molecular weight excluding hydrogens is 793 g/mol. The van der Waals surface area contributed by atoms with E-state index < -0.39 is 34.7 Å². The fraction of sp³-hybridized carbons (Fsp3) is 0.120. The first-order valence-electron chi connectivity index (χ1n) is 19.1. The summed E-state index contributed by atoms with van der Waals surface area (Å²) in [6.45, 7) is 8.15. The van der Waals surface area contributed by atoms with Crippen LogP contribution in [-0.2, 0) is 10.8 Å². The van der Waals surface area contributed by atoms with Gasteiger partial charge in [0.2, 0.25) is 0 Å². The minimum absolute atomic E-state index is 0.0581. The molecule has 0 bridgehead atoms. The Morgan fingerprint density at radius 1 is 0.459 bits per heavy atom. The van der Waals surface area contributed by atoms with Gasteiger partial charge >= 0.3 is 23.9 Å². The molecular formula is C50H40O10S. The molecule has 7 rings (SSSR count). The molecule has 0 saturated heterocycles. The summed E-state index contributed by atoms with van der Waals surface area (Å²) in [7, 11) is 0. The van der Waals surface area contributed by atoms with E-state index in [1.165, 1.54) is 24.3 Å².